The summed E-state index contributed by atoms with van der Waals surface area (Å²) in [5, 5.41) is 5.32. The minimum Gasteiger partial charge on any atom is -0.330 e. The fourth-order valence-corrected chi connectivity index (χ4v) is 3.08. The minimum atomic E-state index is 0.456. The summed E-state index contributed by atoms with van der Waals surface area (Å²) in [5.41, 5.74) is 10.7. The zero-order valence-electron chi connectivity index (χ0n) is 11.1. The molecule has 0 amide bonds. The predicted octanol–water partition coefficient (Wildman–Crippen LogP) is 3.21. The zero-order valence-corrected chi connectivity index (χ0v) is 11.8. The van der Waals surface area contributed by atoms with Crippen LogP contribution in [0.25, 0.3) is 5.69 Å². The van der Waals surface area contributed by atoms with Crippen LogP contribution < -0.4 is 5.73 Å². The van der Waals surface area contributed by atoms with Crippen LogP contribution in [-0.2, 0) is 6.42 Å². The van der Waals surface area contributed by atoms with E-state index in [2.05, 4.69) is 12.0 Å². The van der Waals surface area contributed by atoms with Crippen molar-refractivity contribution in [3.8, 4) is 5.69 Å². The number of hydrogen-bond acceptors (Lipinski definition) is 2. The Labute approximate surface area is 118 Å². The Morgan fingerprint density at radius 3 is 3.11 bits per heavy atom. The summed E-state index contributed by atoms with van der Waals surface area (Å²) in [6.45, 7) is 2.79. The number of fused-ring (bicyclic) bond motifs is 1. The first-order chi connectivity index (χ1) is 9.20. The van der Waals surface area contributed by atoms with Gasteiger partial charge in [0, 0.05) is 10.7 Å². The highest BCUT2D eigenvalue weighted by molar-refractivity contribution is 6.30. The Hall–Kier alpha value is -1.32. The molecule has 1 heterocycles. The second-order valence-electron chi connectivity index (χ2n) is 5.21. The van der Waals surface area contributed by atoms with Crippen molar-refractivity contribution in [3.63, 3.8) is 0 Å². The predicted molar refractivity (Wildman–Crippen MR) is 78.0 cm³/mol. The van der Waals surface area contributed by atoms with E-state index in [-0.39, 0.29) is 0 Å². The Balaban J connectivity index is 2.12. The van der Waals surface area contributed by atoms with E-state index < -0.39 is 0 Å². The molecule has 0 saturated carbocycles. The summed E-state index contributed by atoms with van der Waals surface area (Å²) < 4.78 is 2.04. The fourth-order valence-electron chi connectivity index (χ4n) is 2.91. The molecule has 4 heteroatoms. The first kappa shape index (κ1) is 12.7. The van der Waals surface area contributed by atoms with Crippen LogP contribution >= 0.6 is 11.6 Å². The highest BCUT2D eigenvalue weighted by Gasteiger charge is 2.24. The van der Waals surface area contributed by atoms with Crippen LogP contribution in [0.1, 0.15) is 35.6 Å². The molecule has 19 heavy (non-hydrogen) atoms. The highest BCUT2D eigenvalue weighted by Crippen LogP contribution is 2.32. The van der Waals surface area contributed by atoms with Crippen LogP contribution in [0, 0.1) is 6.92 Å². The molecule has 2 N–H and O–H groups in total. The Kier molecular flexibility index (Phi) is 3.33. The number of hydrogen-bond donors (Lipinski definition) is 1. The molecule has 1 aromatic carbocycles. The van der Waals surface area contributed by atoms with E-state index in [1.54, 1.807) is 0 Å². The second-order valence-corrected chi connectivity index (χ2v) is 5.65. The molecule has 1 aliphatic rings. The van der Waals surface area contributed by atoms with Gasteiger partial charge in [-0.2, -0.15) is 5.10 Å². The van der Waals surface area contributed by atoms with Gasteiger partial charge < -0.3 is 5.73 Å². The molecule has 2 aromatic rings. The molecular weight excluding hydrogens is 258 g/mol. The van der Waals surface area contributed by atoms with Gasteiger partial charge in [-0.05, 0) is 61.9 Å². The van der Waals surface area contributed by atoms with Crippen molar-refractivity contribution in [2.45, 2.75) is 32.1 Å². The van der Waals surface area contributed by atoms with Gasteiger partial charge in [0.05, 0.1) is 11.9 Å². The first-order valence-corrected chi connectivity index (χ1v) is 7.12. The van der Waals surface area contributed by atoms with Gasteiger partial charge in [-0.3, -0.25) is 0 Å². The maximum atomic E-state index is 6.11. The van der Waals surface area contributed by atoms with Crippen molar-refractivity contribution in [2.24, 2.45) is 5.73 Å². The average Bonchev–Trinajstić information content (AvgIpc) is 2.85. The van der Waals surface area contributed by atoms with Gasteiger partial charge >= 0.3 is 0 Å². The summed E-state index contributed by atoms with van der Waals surface area (Å²) >= 11 is 6.11. The number of rotatable bonds is 2. The van der Waals surface area contributed by atoms with Crippen molar-refractivity contribution >= 4 is 11.6 Å². The minimum absolute atomic E-state index is 0.456. The first-order valence-electron chi connectivity index (χ1n) is 6.74. The topological polar surface area (TPSA) is 43.8 Å². The lowest BCUT2D eigenvalue weighted by molar-refractivity contribution is 0.549. The fraction of sp³-hybridized carbons (Fsp3) is 0.400. The monoisotopic (exact) mass is 275 g/mol. The summed E-state index contributed by atoms with van der Waals surface area (Å²) in [7, 11) is 0. The van der Waals surface area contributed by atoms with Crippen molar-refractivity contribution in [2.75, 3.05) is 6.54 Å². The standard InChI is InChI=1S/C15H18ClN3/c1-10-5-6-12(16)7-15(10)19-14-4-2-3-11(8-17)13(14)9-18-19/h5-7,9,11H,2-4,8,17H2,1H3. The van der Waals surface area contributed by atoms with E-state index in [9.17, 15) is 0 Å². The molecule has 0 spiro atoms. The molecule has 0 fully saturated rings. The maximum Gasteiger partial charge on any atom is 0.0692 e. The molecule has 3 rings (SSSR count). The van der Waals surface area contributed by atoms with Crippen LogP contribution in [0.2, 0.25) is 5.02 Å². The number of nitrogens with two attached hydrogens (primary N) is 1. The number of halogens is 1. The van der Waals surface area contributed by atoms with E-state index in [0.717, 1.165) is 17.1 Å². The van der Waals surface area contributed by atoms with Crippen molar-refractivity contribution in [1.29, 1.82) is 0 Å². The normalized spacial score (nSPS) is 18.4. The molecule has 0 radical (unpaired) electrons. The number of aromatic nitrogens is 2. The summed E-state index contributed by atoms with van der Waals surface area (Å²) in [4.78, 5) is 0. The van der Waals surface area contributed by atoms with E-state index in [4.69, 9.17) is 17.3 Å². The second kappa shape index (κ2) is 4.99. The van der Waals surface area contributed by atoms with Crippen LogP contribution in [0.4, 0.5) is 0 Å². The van der Waals surface area contributed by atoms with Crippen molar-refractivity contribution in [3.05, 3.63) is 46.2 Å². The van der Waals surface area contributed by atoms with Gasteiger partial charge in [-0.1, -0.05) is 17.7 Å². The highest BCUT2D eigenvalue weighted by atomic mass is 35.5. The van der Waals surface area contributed by atoms with E-state index in [1.165, 1.54) is 29.7 Å². The van der Waals surface area contributed by atoms with Crippen LogP contribution in [-0.4, -0.2) is 16.3 Å². The summed E-state index contributed by atoms with van der Waals surface area (Å²) in [6, 6.07) is 5.93. The van der Waals surface area contributed by atoms with Gasteiger partial charge in [-0.15, -0.1) is 0 Å². The molecule has 1 aliphatic carbocycles. The number of aryl methyl sites for hydroxylation is 1. The SMILES string of the molecule is Cc1ccc(Cl)cc1-n1ncc2c1CCCC2CN. The van der Waals surface area contributed by atoms with E-state index >= 15 is 0 Å². The molecule has 1 unspecified atom stereocenters. The van der Waals surface area contributed by atoms with Gasteiger partial charge in [0.15, 0.2) is 0 Å². The van der Waals surface area contributed by atoms with Crippen LogP contribution in [0.3, 0.4) is 0 Å². The summed E-state index contributed by atoms with van der Waals surface area (Å²) in [5.74, 6) is 0.456. The number of benzene rings is 1. The molecule has 1 atom stereocenters. The third-order valence-corrected chi connectivity index (χ3v) is 4.23. The molecule has 0 saturated heterocycles. The zero-order chi connectivity index (χ0) is 13.4. The molecule has 3 nitrogen and oxygen atoms in total. The largest absolute Gasteiger partial charge is 0.330 e. The molecule has 1 aromatic heterocycles. The van der Waals surface area contributed by atoms with Crippen molar-refractivity contribution in [1.82, 2.24) is 9.78 Å². The quantitative estimate of drug-likeness (QED) is 0.915. The van der Waals surface area contributed by atoms with Crippen molar-refractivity contribution < 1.29 is 0 Å². The lowest BCUT2D eigenvalue weighted by Gasteiger charge is -2.22. The Bertz CT molecular complexity index is 603. The van der Waals surface area contributed by atoms with E-state index in [1.807, 2.05) is 29.1 Å². The van der Waals surface area contributed by atoms with E-state index in [0.29, 0.717) is 12.5 Å². The van der Waals surface area contributed by atoms with Gasteiger partial charge in [0.25, 0.3) is 0 Å². The van der Waals surface area contributed by atoms with Gasteiger partial charge in [0.1, 0.15) is 0 Å². The molecule has 0 bridgehead atoms. The average molecular weight is 276 g/mol. The third-order valence-electron chi connectivity index (χ3n) is 3.99. The Morgan fingerprint density at radius 1 is 1.47 bits per heavy atom. The lowest BCUT2D eigenvalue weighted by atomic mass is 9.87. The maximum absolute atomic E-state index is 6.11. The molecular formula is C15H18ClN3. The number of nitrogens with zero attached hydrogens (tertiary/aromatic N) is 2. The summed E-state index contributed by atoms with van der Waals surface area (Å²) in [6.07, 6.45) is 5.40. The lowest BCUT2D eigenvalue weighted by Crippen LogP contribution is -2.18. The third kappa shape index (κ3) is 2.17. The Morgan fingerprint density at radius 2 is 2.32 bits per heavy atom. The van der Waals surface area contributed by atoms with Crippen LogP contribution in [0.15, 0.2) is 24.4 Å². The molecule has 100 valence electrons. The molecule has 0 aliphatic heterocycles. The van der Waals surface area contributed by atoms with Gasteiger partial charge in [0.2, 0.25) is 0 Å². The van der Waals surface area contributed by atoms with Crippen LogP contribution in [0.5, 0.6) is 0 Å². The van der Waals surface area contributed by atoms with Gasteiger partial charge in [-0.25, -0.2) is 4.68 Å². The smallest absolute Gasteiger partial charge is 0.0692 e.